The summed E-state index contributed by atoms with van der Waals surface area (Å²) in [5.41, 5.74) is 1.30. The minimum atomic E-state index is -0.355. The Labute approximate surface area is 120 Å². The molecule has 0 fully saturated rings. The Bertz CT molecular complexity index is 549. The Morgan fingerprint density at radius 3 is 2.75 bits per heavy atom. The Morgan fingerprint density at radius 1 is 1.55 bits per heavy atom. The van der Waals surface area contributed by atoms with Crippen molar-refractivity contribution in [2.24, 2.45) is 7.05 Å². The number of hydrogen-bond donors (Lipinski definition) is 0. The average molecular weight is 296 g/mol. The maximum atomic E-state index is 11.5. The number of carbonyl (C=O) groups excluding carboxylic acids is 2. The van der Waals surface area contributed by atoms with E-state index in [0.717, 1.165) is 10.6 Å². The summed E-state index contributed by atoms with van der Waals surface area (Å²) in [7, 11) is 3.18. The fourth-order valence-corrected chi connectivity index (χ4v) is 2.28. The van der Waals surface area contributed by atoms with E-state index in [0.29, 0.717) is 18.6 Å². The van der Waals surface area contributed by atoms with Gasteiger partial charge in [0.15, 0.2) is 0 Å². The highest BCUT2D eigenvalue weighted by Gasteiger charge is 2.18. The van der Waals surface area contributed by atoms with Crippen molar-refractivity contribution in [2.45, 2.75) is 6.92 Å². The summed E-state index contributed by atoms with van der Waals surface area (Å²) in [6.45, 7) is 2.66. The number of methoxy groups -OCH3 is 1. The number of aromatic nitrogens is 2. The van der Waals surface area contributed by atoms with Gasteiger partial charge in [0.1, 0.15) is 5.56 Å². The van der Waals surface area contributed by atoms with Crippen molar-refractivity contribution >= 4 is 23.8 Å². The molecule has 7 heteroatoms. The quantitative estimate of drug-likeness (QED) is 0.638. The first-order valence-electron chi connectivity index (χ1n) is 5.85. The molecule has 2 aromatic heterocycles. The number of thiophene rings is 1. The molecule has 0 atom stereocenters. The first-order valence-corrected chi connectivity index (χ1v) is 6.73. The van der Waals surface area contributed by atoms with Crippen LogP contribution in [0, 0.1) is 0 Å². The third-order valence-corrected chi connectivity index (χ3v) is 3.21. The van der Waals surface area contributed by atoms with Gasteiger partial charge >= 0.3 is 5.97 Å². The number of carbonyl (C=O) groups is 2. The molecule has 2 rings (SSSR count). The van der Waals surface area contributed by atoms with E-state index in [1.807, 2.05) is 24.6 Å². The summed E-state index contributed by atoms with van der Waals surface area (Å²) in [4.78, 5) is 21.7. The topological polar surface area (TPSA) is 70.4 Å². The maximum Gasteiger partial charge on any atom is 0.341 e. The molecule has 0 amide bonds. The summed E-state index contributed by atoms with van der Waals surface area (Å²) in [6.07, 6.45) is 1.53. The van der Waals surface area contributed by atoms with Crippen LogP contribution in [-0.4, -0.2) is 35.9 Å². The highest BCUT2D eigenvalue weighted by atomic mass is 32.1. The second kappa shape index (κ2) is 8.11. The van der Waals surface area contributed by atoms with Crippen LogP contribution in [0.4, 0.5) is 0 Å². The largest absolute Gasteiger partial charge is 0.468 e. The van der Waals surface area contributed by atoms with Gasteiger partial charge in [-0.2, -0.15) is 5.10 Å². The van der Waals surface area contributed by atoms with Gasteiger partial charge in [0.25, 0.3) is 6.47 Å². The molecule has 108 valence electrons. The van der Waals surface area contributed by atoms with E-state index < -0.39 is 0 Å². The van der Waals surface area contributed by atoms with Crippen LogP contribution in [0.2, 0.25) is 0 Å². The zero-order chi connectivity index (χ0) is 15.0. The maximum absolute atomic E-state index is 11.5. The molecule has 0 aliphatic heterocycles. The zero-order valence-electron chi connectivity index (χ0n) is 11.5. The van der Waals surface area contributed by atoms with Gasteiger partial charge in [-0.25, -0.2) is 4.79 Å². The lowest BCUT2D eigenvalue weighted by atomic mass is 10.2. The van der Waals surface area contributed by atoms with E-state index in [4.69, 9.17) is 4.74 Å². The summed E-state index contributed by atoms with van der Waals surface area (Å²) < 4.78 is 10.5. The lowest BCUT2D eigenvalue weighted by Crippen LogP contribution is -2.02. The monoisotopic (exact) mass is 296 g/mol. The number of esters is 1. The van der Waals surface area contributed by atoms with E-state index in [1.54, 1.807) is 22.9 Å². The van der Waals surface area contributed by atoms with Gasteiger partial charge in [-0.05, 0) is 18.4 Å². The normalized spacial score (nSPS) is 9.35. The third-order valence-electron chi connectivity index (χ3n) is 2.33. The highest BCUT2D eigenvalue weighted by Crippen LogP contribution is 2.27. The van der Waals surface area contributed by atoms with E-state index in [9.17, 15) is 9.59 Å². The molecule has 2 heterocycles. The third kappa shape index (κ3) is 3.92. The van der Waals surface area contributed by atoms with Crippen molar-refractivity contribution in [1.82, 2.24) is 9.78 Å². The molecule has 20 heavy (non-hydrogen) atoms. The van der Waals surface area contributed by atoms with Gasteiger partial charge in [-0.15, -0.1) is 11.3 Å². The molecule has 2 aromatic rings. The van der Waals surface area contributed by atoms with Crippen molar-refractivity contribution in [1.29, 1.82) is 0 Å². The molecule has 0 radical (unpaired) electrons. The van der Waals surface area contributed by atoms with Crippen LogP contribution < -0.4 is 0 Å². The second-order valence-corrected chi connectivity index (χ2v) is 4.50. The number of aryl methyl sites for hydroxylation is 1. The molecule has 0 N–H and O–H groups in total. The van der Waals surface area contributed by atoms with Gasteiger partial charge in [-0.1, -0.05) is 6.07 Å². The zero-order valence-corrected chi connectivity index (χ0v) is 12.3. The number of hydrogen-bond acceptors (Lipinski definition) is 6. The van der Waals surface area contributed by atoms with Gasteiger partial charge in [0, 0.05) is 7.05 Å². The van der Waals surface area contributed by atoms with Gasteiger partial charge in [0.05, 0.1) is 30.5 Å². The van der Waals surface area contributed by atoms with Crippen LogP contribution in [0.25, 0.3) is 10.6 Å². The fraction of sp³-hybridized carbons (Fsp3) is 0.308. The number of rotatable bonds is 4. The van der Waals surface area contributed by atoms with Crippen molar-refractivity contribution < 1.29 is 19.1 Å². The van der Waals surface area contributed by atoms with Crippen molar-refractivity contribution in [3.05, 3.63) is 29.3 Å². The van der Waals surface area contributed by atoms with Crippen LogP contribution in [0.5, 0.6) is 0 Å². The van der Waals surface area contributed by atoms with E-state index in [-0.39, 0.29) is 5.97 Å². The summed E-state index contributed by atoms with van der Waals surface area (Å²) in [6, 6.07) is 3.89. The van der Waals surface area contributed by atoms with Crippen molar-refractivity contribution in [3.8, 4) is 10.6 Å². The van der Waals surface area contributed by atoms with E-state index >= 15 is 0 Å². The van der Waals surface area contributed by atoms with Gasteiger partial charge in [-0.3, -0.25) is 9.48 Å². The lowest BCUT2D eigenvalue weighted by molar-refractivity contribution is -0.128. The highest BCUT2D eigenvalue weighted by molar-refractivity contribution is 7.13. The molecule has 0 aliphatic carbocycles. The first-order chi connectivity index (χ1) is 9.65. The molecular weight excluding hydrogens is 280 g/mol. The van der Waals surface area contributed by atoms with Gasteiger partial charge < -0.3 is 9.47 Å². The predicted molar refractivity (Wildman–Crippen MR) is 75.6 cm³/mol. The minimum absolute atomic E-state index is 0.355. The standard InChI is InChI=1S/C10H10N2O2S.C3H6O2/c1-12-9(8-4-3-5-15-8)7(6-11-12)10(13)14-2;1-2-5-3-4/h3-6H,1-2H3;3H,2H2,1H3. The molecule has 0 saturated carbocycles. The van der Waals surface area contributed by atoms with Crippen LogP contribution in [0.3, 0.4) is 0 Å². The smallest absolute Gasteiger partial charge is 0.341 e. The van der Waals surface area contributed by atoms with E-state index in [1.165, 1.54) is 13.3 Å². The van der Waals surface area contributed by atoms with Crippen molar-refractivity contribution in [2.75, 3.05) is 13.7 Å². The average Bonchev–Trinajstić information content (AvgIpc) is 3.08. The molecular formula is C13H16N2O4S. The molecule has 6 nitrogen and oxygen atoms in total. The molecule has 0 unspecified atom stereocenters. The second-order valence-electron chi connectivity index (χ2n) is 3.55. The molecule has 0 bridgehead atoms. The number of ether oxygens (including phenoxy) is 2. The number of nitrogens with zero attached hydrogens (tertiary/aromatic N) is 2. The SMILES string of the molecule is CCOC=O.COC(=O)c1cnn(C)c1-c1cccs1. The predicted octanol–water partition coefficient (Wildman–Crippen LogP) is 2.11. The Kier molecular flexibility index (Phi) is 6.45. The van der Waals surface area contributed by atoms with Crippen LogP contribution in [0.15, 0.2) is 23.7 Å². The summed E-state index contributed by atoms with van der Waals surface area (Å²) >= 11 is 1.57. The van der Waals surface area contributed by atoms with Gasteiger partial charge in [0.2, 0.25) is 0 Å². The van der Waals surface area contributed by atoms with Crippen LogP contribution >= 0.6 is 11.3 Å². The Balaban J connectivity index is 0.000000347. The molecule has 0 aliphatic rings. The van der Waals surface area contributed by atoms with Crippen LogP contribution in [0.1, 0.15) is 17.3 Å². The lowest BCUT2D eigenvalue weighted by Gasteiger charge is -2.01. The Hall–Kier alpha value is -2.15. The minimum Gasteiger partial charge on any atom is -0.468 e. The Morgan fingerprint density at radius 2 is 2.30 bits per heavy atom. The molecule has 0 spiro atoms. The molecule has 0 aromatic carbocycles. The molecule has 0 saturated heterocycles. The van der Waals surface area contributed by atoms with Crippen molar-refractivity contribution in [3.63, 3.8) is 0 Å². The first kappa shape index (κ1) is 15.9. The summed E-state index contributed by atoms with van der Waals surface area (Å²) in [5, 5.41) is 6.03. The fourth-order valence-electron chi connectivity index (χ4n) is 1.47. The van der Waals surface area contributed by atoms with E-state index in [2.05, 4.69) is 9.84 Å². The summed E-state index contributed by atoms with van der Waals surface area (Å²) in [5.74, 6) is -0.355. The van der Waals surface area contributed by atoms with Crippen LogP contribution in [-0.2, 0) is 21.3 Å².